The molecule has 0 aliphatic heterocycles. The largest absolute Gasteiger partial charge is 0.508 e. The zero-order valence-electron chi connectivity index (χ0n) is 12.4. The van der Waals surface area contributed by atoms with E-state index in [1.807, 2.05) is 12.1 Å². The summed E-state index contributed by atoms with van der Waals surface area (Å²) in [5.41, 5.74) is 1.81. The van der Waals surface area contributed by atoms with E-state index in [0.29, 0.717) is 17.2 Å². The fourth-order valence-electron chi connectivity index (χ4n) is 3.31. The lowest BCUT2D eigenvalue weighted by atomic mass is 9.70. The van der Waals surface area contributed by atoms with Crippen LogP contribution in [0, 0.1) is 11.3 Å². The smallest absolute Gasteiger partial charge is 0.115 e. The van der Waals surface area contributed by atoms with Gasteiger partial charge in [0.05, 0.1) is 0 Å². The molecule has 106 valence electrons. The molecule has 0 aromatic heterocycles. The Bertz CT molecular complexity index is 396. The van der Waals surface area contributed by atoms with E-state index in [1.54, 1.807) is 12.1 Å². The molecular weight excluding hydrogens is 234 g/mol. The SMILES string of the molecule is CC1CC(C)(C)CCC1NCCc1ccc(O)cc1. The first-order chi connectivity index (χ1) is 8.96. The van der Waals surface area contributed by atoms with Crippen molar-refractivity contribution in [2.24, 2.45) is 11.3 Å². The summed E-state index contributed by atoms with van der Waals surface area (Å²) < 4.78 is 0. The maximum Gasteiger partial charge on any atom is 0.115 e. The van der Waals surface area contributed by atoms with Crippen LogP contribution in [0.4, 0.5) is 0 Å². The summed E-state index contributed by atoms with van der Waals surface area (Å²) in [5.74, 6) is 1.11. The number of hydrogen-bond acceptors (Lipinski definition) is 2. The molecule has 1 fully saturated rings. The quantitative estimate of drug-likeness (QED) is 0.865. The van der Waals surface area contributed by atoms with Gasteiger partial charge in [-0.15, -0.1) is 0 Å². The number of phenolic OH excluding ortho intramolecular Hbond substituents is 1. The van der Waals surface area contributed by atoms with Gasteiger partial charge in [-0.2, -0.15) is 0 Å². The van der Waals surface area contributed by atoms with E-state index in [1.165, 1.54) is 24.8 Å². The average Bonchev–Trinajstić information content (AvgIpc) is 2.34. The fourth-order valence-corrected chi connectivity index (χ4v) is 3.31. The second kappa shape index (κ2) is 5.96. The van der Waals surface area contributed by atoms with Gasteiger partial charge in [-0.3, -0.25) is 0 Å². The molecule has 0 bridgehead atoms. The Hall–Kier alpha value is -1.02. The van der Waals surface area contributed by atoms with Crippen molar-refractivity contribution in [1.29, 1.82) is 0 Å². The molecular formula is C17H27NO. The Balaban J connectivity index is 1.75. The second-order valence-corrected chi connectivity index (χ2v) is 6.86. The zero-order chi connectivity index (χ0) is 13.9. The molecule has 1 aromatic carbocycles. The van der Waals surface area contributed by atoms with Crippen molar-refractivity contribution in [3.05, 3.63) is 29.8 Å². The van der Waals surface area contributed by atoms with Gasteiger partial charge >= 0.3 is 0 Å². The minimum atomic E-state index is 0.347. The lowest BCUT2D eigenvalue weighted by Gasteiger charge is -2.39. The zero-order valence-corrected chi connectivity index (χ0v) is 12.4. The number of nitrogens with one attached hydrogen (secondary N) is 1. The molecule has 2 heteroatoms. The molecule has 0 amide bonds. The molecule has 2 rings (SSSR count). The van der Waals surface area contributed by atoms with Gasteiger partial charge in [0.2, 0.25) is 0 Å². The van der Waals surface area contributed by atoms with Crippen molar-refractivity contribution in [3.63, 3.8) is 0 Å². The summed E-state index contributed by atoms with van der Waals surface area (Å²) in [4.78, 5) is 0. The van der Waals surface area contributed by atoms with Crippen LogP contribution >= 0.6 is 0 Å². The van der Waals surface area contributed by atoms with Crippen LogP contribution < -0.4 is 5.32 Å². The van der Waals surface area contributed by atoms with E-state index in [2.05, 4.69) is 26.1 Å². The first kappa shape index (κ1) is 14.4. The molecule has 0 spiro atoms. The molecule has 0 heterocycles. The van der Waals surface area contributed by atoms with E-state index in [9.17, 15) is 5.11 Å². The lowest BCUT2D eigenvalue weighted by Crippen LogP contribution is -2.42. The van der Waals surface area contributed by atoms with Crippen LogP contribution in [0.15, 0.2) is 24.3 Å². The Morgan fingerprint density at radius 1 is 1.26 bits per heavy atom. The van der Waals surface area contributed by atoms with E-state index in [4.69, 9.17) is 0 Å². The van der Waals surface area contributed by atoms with Gasteiger partial charge in [-0.25, -0.2) is 0 Å². The van der Waals surface area contributed by atoms with Gasteiger partial charge in [-0.1, -0.05) is 32.9 Å². The number of rotatable bonds is 4. The van der Waals surface area contributed by atoms with Crippen molar-refractivity contribution in [2.45, 2.75) is 52.5 Å². The van der Waals surface area contributed by atoms with Crippen LogP contribution in [-0.2, 0) is 6.42 Å². The van der Waals surface area contributed by atoms with Crippen LogP contribution in [0.5, 0.6) is 5.75 Å². The number of aromatic hydroxyl groups is 1. The van der Waals surface area contributed by atoms with Crippen LogP contribution in [0.25, 0.3) is 0 Å². The highest BCUT2D eigenvalue weighted by Gasteiger charge is 2.31. The number of phenols is 1. The summed E-state index contributed by atoms with van der Waals surface area (Å²) in [6, 6.07) is 8.21. The standard InChI is InChI=1S/C17H27NO/c1-13-12-17(2,3)10-8-16(13)18-11-9-14-4-6-15(19)7-5-14/h4-7,13,16,18-19H,8-12H2,1-3H3. The van der Waals surface area contributed by atoms with Crippen LogP contribution in [-0.4, -0.2) is 17.7 Å². The van der Waals surface area contributed by atoms with Crippen LogP contribution in [0.2, 0.25) is 0 Å². The van der Waals surface area contributed by atoms with E-state index in [-0.39, 0.29) is 0 Å². The van der Waals surface area contributed by atoms with Crippen molar-refractivity contribution in [2.75, 3.05) is 6.54 Å². The lowest BCUT2D eigenvalue weighted by molar-refractivity contribution is 0.149. The molecule has 2 nitrogen and oxygen atoms in total. The van der Waals surface area contributed by atoms with Crippen molar-refractivity contribution >= 4 is 0 Å². The summed E-state index contributed by atoms with van der Waals surface area (Å²) in [5, 5.41) is 13.0. The monoisotopic (exact) mass is 261 g/mol. The molecule has 1 aliphatic carbocycles. The maximum absolute atomic E-state index is 9.25. The molecule has 2 N–H and O–H groups in total. The highest BCUT2D eigenvalue weighted by Crippen LogP contribution is 2.38. The number of hydrogen-bond donors (Lipinski definition) is 2. The van der Waals surface area contributed by atoms with Gasteiger partial charge in [0, 0.05) is 6.04 Å². The molecule has 1 aliphatic rings. The van der Waals surface area contributed by atoms with E-state index >= 15 is 0 Å². The summed E-state index contributed by atoms with van der Waals surface area (Å²) in [6.45, 7) is 8.17. The normalized spacial score (nSPS) is 26.3. The Kier molecular flexibility index (Phi) is 4.51. The van der Waals surface area contributed by atoms with E-state index < -0.39 is 0 Å². The highest BCUT2D eigenvalue weighted by atomic mass is 16.3. The third kappa shape index (κ3) is 4.24. The Morgan fingerprint density at radius 2 is 1.95 bits per heavy atom. The molecule has 1 aromatic rings. The topological polar surface area (TPSA) is 32.3 Å². The first-order valence-corrected chi connectivity index (χ1v) is 7.48. The predicted octanol–water partition coefficient (Wildman–Crippen LogP) is 3.74. The van der Waals surface area contributed by atoms with Gasteiger partial charge in [0.25, 0.3) is 0 Å². The highest BCUT2D eigenvalue weighted by molar-refractivity contribution is 5.25. The minimum absolute atomic E-state index is 0.347. The summed E-state index contributed by atoms with van der Waals surface area (Å²) in [6.07, 6.45) is 4.98. The van der Waals surface area contributed by atoms with Crippen LogP contribution in [0.3, 0.4) is 0 Å². The Labute approximate surface area is 117 Å². The average molecular weight is 261 g/mol. The van der Waals surface area contributed by atoms with Gasteiger partial charge in [0.1, 0.15) is 5.75 Å². The summed E-state index contributed by atoms with van der Waals surface area (Å²) >= 11 is 0. The van der Waals surface area contributed by atoms with Crippen LogP contribution in [0.1, 0.15) is 45.6 Å². The minimum Gasteiger partial charge on any atom is -0.508 e. The molecule has 2 atom stereocenters. The molecule has 0 radical (unpaired) electrons. The van der Waals surface area contributed by atoms with Crippen molar-refractivity contribution in [1.82, 2.24) is 5.32 Å². The Morgan fingerprint density at radius 3 is 2.58 bits per heavy atom. The molecule has 19 heavy (non-hydrogen) atoms. The second-order valence-electron chi connectivity index (χ2n) is 6.86. The third-order valence-corrected chi connectivity index (χ3v) is 4.45. The van der Waals surface area contributed by atoms with Gasteiger partial charge < -0.3 is 10.4 Å². The van der Waals surface area contributed by atoms with Crippen molar-refractivity contribution < 1.29 is 5.11 Å². The van der Waals surface area contributed by atoms with Gasteiger partial charge in [0.15, 0.2) is 0 Å². The van der Waals surface area contributed by atoms with E-state index in [0.717, 1.165) is 18.9 Å². The predicted molar refractivity (Wildman–Crippen MR) is 80.4 cm³/mol. The first-order valence-electron chi connectivity index (χ1n) is 7.48. The maximum atomic E-state index is 9.25. The molecule has 0 saturated heterocycles. The fraction of sp³-hybridized carbons (Fsp3) is 0.647. The molecule has 2 unspecified atom stereocenters. The third-order valence-electron chi connectivity index (χ3n) is 4.45. The van der Waals surface area contributed by atoms with Gasteiger partial charge in [-0.05, 0) is 61.3 Å². The van der Waals surface area contributed by atoms with Crippen molar-refractivity contribution in [3.8, 4) is 5.75 Å². The molecule has 1 saturated carbocycles. The summed E-state index contributed by atoms with van der Waals surface area (Å²) in [7, 11) is 0. The number of benzene rings is 1.